The van der Waals surface area contributed by atoms with E-state index in [2.05, 4.69) is 63.9 Å². The molecule has 3 heteroatoms. The van der Waals surface area contributed by atoms with E-state index in [4.69, 9.17) is 0 Å². The van der Waals surface area contributed by atoms with E-state index in [9.17, 15) is 4.79 Å². The highest BCUT2D eigenvalue weighted by molar-refractivity contribution is 8.10. The Kier molecular flexibility index (Phi) is 11.2. The molecule has 1 aromatic carbocycles. The van der Waals surface area contributed by atoms with Crippen LogP contribution >= 0.6 is 11.8 Å². The standard InChI is InChI=1S/C24H37NOS/c1-7-18(4)11-10-12-20(6)24(26)25-17-21-13-15-22(16-14-21)23(27-9-3)19(5)8-2/h9,13-16,18,20H,3,7-8,10-12,17H2,1-2,4-6H3,(H,25,26)/b23-19-. The van der Waals surface area contributed by atoms with Gasteiger partial charge in [0.15, 0.2) is 0 Å². The average molecular weight is 388 g/mol. The number of nitrogens with one attached hydrogen (secondary N) is 1. The Morgan fingerprint density at radius 2 is 1.85 bits per heavy atom. The first-order valence-electron chi connectivity index (χ1n) is 10.3. The Morgan fingerprint density at radius 1 is 1.19 bits per heavy atom. The van der Waals surface area contributed by atoms with Crippen LogP contribution in [0.15, 0.2) is 41.8 Å². The number of hydrogen-bond acceptors (Lipinski definition) is 2. The van der Waals surface area contributed by atoms with Crippen molar-refractivity contribution in [2.24, 2.45) is 11.8 Å². The van der Waals surface area contributed by atoms with Gasteiger partial charge < -0.3 is 5.32 Å². The maximum absolute atomic E-state index is 12.3. The van der Waals surface area contributed by atoms with Crippen molar-refractivity contribution >= 4 is 22.6 Å². The Morgan fingerprint density at radius 3 is 2.41 bits per heavy atom. The molecular formula is C24H37NOS. The largest absolute Gasteiger partial charge is 0.352 e. The molecule has 0 bridgehead atoms. The van der Waals surface area contributed by atoms with Gasteiger partial charge in [0, 0.05) is 17.4 Å². The molecule has 0 aliphatic carbocycles. The molecule has 0 radical (unpaired) electrons. The van der Waals surface area contributed by atoms with Crippen LogP contribution in [0.4, 0.5) is 0 Å². The van der Waals surface area contributed by atoms with Gasteiger partial charge >= 0.3 is 0 Å². The lowest BCUT2D eigenvalue weighted by molar-refractivity contribution is -0.124. The minimum absolute atomic E-state index is 0.0825. The van der Waals surface area contributed by atoms with E-state index in [0.29, 0.717) is 6.54 Å². The molecule has 2 nitrogen and oxygen atoms in total. The second-order valence-electron chi connectivity index (χ2n) is 7.51. The molecule has 150 valence electrons. The predicted molar refractivity (Wildman–Crippen MR) is 121 cm³/mol. The van der Waals surface area contributed by atoms with Crippen molar-refractivity contribution in [1.82, 2.24) is 5.32 Å². The third-order valence-corrected chi connectivity index (χ3v) is 6.27. The van der Waals surface area contributed by atoms with Gasteiger partial charge in [0.1, 0.15) is 0 Å². The molecule has 27 heavy (non-hydrogen) atoms. The van der Waals surface area contributed by atoms with Crippen LogP contribution in [0.25, 0.3) is 4.91 Å². The summed E-state index contributed by atoms with van der Waals surface area (Å²) in [5.74, 6) is 1.00. The summed E-state index contributed by atoms with van der Waals surface area (Å²) >= 11 is 1.68. The molecule has 1 N–H and O–H groups in total. The first-order chi connectivity index (χ1) is 12.9. The molecule has 1 rings (SSSR count). The highest BCUT2D eigenvalue weighted by atomic mass is 32.2. The fourth-order valence-electron chi connectivity index (χ4n) is 2.90. The Bertz CT molecular complexity index is 618. The van der Waals surface area contributed by atoms with Gasteiger partial charge in [-0.15, -0.1) is 0 Å². The van der Waals surface area contributed by atoms with Crippen molar-refractivity contribution in [3.8, 4) is 0 Å². The van der Waals surface area contributed by atoms with Crippen molar-refractivity contribution in [3.63, 3.8) is 0 Å². The van der Waals surface area contributed by atoms with Gasteiger partial charge in [-0.05, 0) is 42.2 Å². The first-order valence-corrected chi connectivity index (χ1v) is 11.1. The average Bonchev–Trinajstić information content (AvgIpc) is 2.69. The van der Waals surface area contributed by atoms with E-state index in [1.165, 1.54) is 28.9 Å². The van der Waals surface area contributed by atoms with Gasteiger partial charge in [-0.1, -0.05) is 95.1 Å². The summed E-state index contributed by atoms with van der Waals surface area (Å²) in [6.07, 6.45) is 5.56. The Hall–Kier alpha value is -1.48. The number of carbonyl (C=O) groups is 1. The van der Waals surface area contributed by atoms with Crippen LogP contribution in [-0.2, 0) is 11.3 Å². The lowest BCUT2D eigenvalue weighted by Crippen LogP contribution is -2.28. The predicted octanol–water partition coefficient (Wildman–Crippen LogP) is 7.17. The second kappa shape index (κ2) is 12.8. The molecule has 0 heterocycles. The van der Waals surface area contributed by atoms with Crippen molar-refractivity contribution < 1.29 is 4.79 Å². The summed E-state index contributed by atoms with van der Waals surface area (Å²) in [4.78, 5) is 13.6. The third-order valence-electron chi connectivity index (χ3n) is 5.28. The van der Waals surface area contributed by atoms with Crippen LogP contribution in [-0.4, -0.2) is 5.91 Å². The van der Waals surface area contributed by atoms with Crippen molar-refractivity contribution in [3.05, 3.63) is 53.0 Å². The topological polar surface area (TPSA) is 29.1 Å². The monoisotopic (exact) mass is 387 g/mol. The highest BCUT2D eigenvalue weighted by Crippen LogP contribution is 2.32. The third kappa shape index (κ3) is 8.38. The summed E-state index contributed by atoms with van der Waals surface area (Å²) < 4.78 is 0. The minimum atomic E-state index is 0.0825. The summed E-state index contributed by atoms with van der Waals surface area (Å²) in [6.45, 7) is 15.3. The van der Waals surface area contributed by atoms with E-state index in [1.54, 1.807) is 11.8 Å². The van der Waals surface area contributed by atoms with Gasteiger partial charge in [-0.3, -0.25) is 4.79 Å². The van der Waals surface area contributed by atoms with E-state index >= 15 is 0 Å². The van der Waals surface area contributed by atoms with Gasteiger partial charge in [-0.25, -0.2) is 0 Å². The molecule has 0 aromatic heterocycles. The first kappa shape index (κ1) is 23.6. The lowest BCUT2D eigenvalue weighted by Gasteiger charge is -2.14. The van der Waals surface area contributed by atoms with Gasteiger partial charge in [0.25, 0.3) is 0 Å². The SMILES string of the molecule is C=CS/C(=C(/C)CC)c1ccc(CNC(=O)C(C)CCCC(C)CC)cc1. The van der Waals surface area contributed by atoms with E-state index in [0.717, 1.165) is 30.7 Å². The molecule has 0 fully saturated rings. The minimum Gasteiger partial charge on any atom is -0.352 e. The number of benzene rings is 1. The van der Waals surface area contributed by atoms with E-state index in [-0.39, 0.29) is 11.8 Å². The van der Waals surface area contributed by atoms with Crippen LogP contribution in [0.3, 0.4) is 0 Å². The zero-order valence-electron chi connectivity index (χ0n) is 17.8. The van der Waals surface area contributed by atoms with Crippen LogP contribution in [0.1, 0.15) is 77.8 Å². The Labute approximate surface area is 170 Å². The summed E-state index contributed by atoms with van der Waals surface area (Å²) in [7, 11) is 0. The quantitative estimate of drug-likeness (QED) is 0.412. The van der Waals surface area contributed by atoms with E-state index < -0.39 is 0 Å². The fraction of sp³-hybridized carbons (Fsp3) is 0.542. The normalized spacial score (nSPS) is 14.3. The Balaban J connectivity index is 2.55. The van der Waals surface area contributed by atoms with Gasteiger partial charge in [0.2, 0.25) is 5.91 Å². The van der Waals surface area contributed by atoms with Crippen LogP contribution in [0.2, 0.25) is 0 Å². The number of hydrogen-bond donors (Lipinski definition) is 1. The molecule has 0 aliphatic heterocycles. The summed E-state index contributed by atoms with van der Waals surface area (Å²) in [6, 6.07) is 8.50. The van der Waals surface area contributed by atoms with Crippen LogP contribution in [0, 0.1) is 11.8 Å². The van der Waals surface area contributed by atoms with Gasteiger partial charge in [-0.2, -0.15) is 0 Å². The zero-order chi connectivity index (χ0) is 20.2. The second-order valence-corrected chi connectivity index (χ2v) is 8.48. The smallest absolute Gasteiger partial charge is 0.223 e. The maximum Gasteiger partial charge on any atom is 0.223 e. The van der Waals surface area contributed by atoms with E-state index in [1.807, 2.05) is 12.3 Å². The number of allylic oxidation sites excluding steroid dienone is 1. The molecule has 0 spiro atoms. The van der Waals surface area contributed by atoms with Crippen molar-refractivity contribution in [2.45, 2.75) is 73.3 Å². The highest BCUT2D eigenvalue weighted by Gasteiger charge is 2.13. The van der Waals surface area contributed by atoms with Gasteiger partial charge in [0.05, 0.1) is 0 Å². The number of carbonyl (C=O) groups excluding carboxylic acids is 1. The molecule has 2 atom stereocenters. The maximum atomic E-state index is 12.3. The molecule has 1 amide bonds. The number of thioether (sulfide) groups is 1. The van der Waals surface area contributed by atoms with Crippen LogP contribution < -0.4 is 5.32 Å². The number of rotatable bonds is 12. The molecule has 1 aromatic rings. The molecule has 0 saturated heterocycles. The zero-order valence-corrected chi connectivity index (χ0v) is 18.6. The number of amides is 1. The van der Waals surface area contributed by atoms with Crippen molar-refractivity contribution in [2.75, 3.05) is 0 Å². The molecule has 2 unspecified atom stereocenters. The summed E-state index contributed by atoms with van der Waals surface area (Å²) in [5, 5.41) is 4.97. The molecular weight excluding hydrogens is 350 g/mol. The van der Waals surface area contributed by atoms with Crippen molar-refractivity contribution in [1.29, 1.82) is 0 Å². The lowest BCUT2D eigenvalue weighted by atomic mass is 9.96. The fourth-order valence-corrected chi connectivity index (χ4v) is 3.69. The molecule has 0 aliphatic rings. The summed E-state index contributed by atoms with van der Waals surface area (Å²) in [5.41, 5.74) is 3.72. The molecule has 0 saturated carbocycles. The van der Waals surface area contributed by atoms with Crippen LogP contribution in [0.5, 0.6) is 0 Å².